The van der Waals surface area contributed by atoms with Crippen molar-refractivity contribution >= 4 is 17.6 Å². The van der Waals surface area contributed by atoms with Gasteiger partial charge in [-0.05, 0) is 29.3 Å². The van der Waals surface area contributed by atoms with E-state index >= 15 is 0 Å². The summed E-state index contributed by atoms with van der Waals surface area (Å²) in [5.41, 5.74) is 0.348. The summed E-state index contributed by atoms with van der Waals surface area (Å²) in [6.07, 6.45) is 0. The molecule has 2 aromatic carbocycles. The molecular formula is C14H9NO6. The minimum absolute atomic E-state index is 0.0719. The van der Waals surface area contributed by atoms with Gasteiger partial charge in [0.15, 0.2) is 0 Å². The molecule has 0 atom stereocenters. The zero-order chi connectivity index (χ0) is 15.6. The summed E-state index contributed by atoms with van der Waals surface area (Å²) in [5, 5.41) is 28.6. The van der Waals surface area contributed by atoms with E-state index in [9.17, 15) is 19.7 Å². The molecule has 0 saturated heterocycles. The Labute approximate surface area is 118 Å². The van der Waals surface area contributed by atoms with E-state index in [-0.39, 0.29) is 16.8 Å². The minimum atomic E-state index is -1.28. The van der Waals surface area contributed by atoms with Crippen molar-refractivity contribution in [3.05, 3.63) is 63.7 Å². The van der Waals surface area contributed by atoms with Crippen molar-refractivity contribution in [1.29, 1.82) is 0 Å². The second kappa shape index (κ2) is 5.41. The Morgan fingerprint density at radius 3 is 1.90 bits per heavy atom. The van der Waals surface area contributed by atoms with E-state index in [0.29, 0.717) is 11.1 Å². The van der Waals surface area contributed by atoms with E-state index < -0.39 is 16.9 Å². The van der Waals surface area contributed by atoms with E-state index in [4.69, 9.17) is 10.2 Å². The molecule has 0 bridgehead atoms. The third-order valence-electron chi connectivity index (χ3n) is 2.84. The van der Waals surface area contributed by atoms with Crippen LogP contribution in [0.25, 0.3) is 11.1 Å². The van der Waals surface area contributed by atoms with Gasteiger partial charge < -0.3 is 10.2 Å². The monoisotopic (exact) mass is 287 g/mol. The number of hydrogen-bond donors (Lipinski definition) is 2. The number of rotatable bonds is 4. The van der Waals surface area contributed by atoms with Gasteiger partial charge in [-0.2, -0.15) is 0 Å². The fraction of sp³-hybridized carbons (Fsp3) is 0. The number of carboxylic acids is 2. The first-order valence-electron chi connectivity index (χ1n) is 5.75. The fourth-order valence-corrected chi connectivity index (χ4v) is 1.81. The Hall–Kier alpha value is -3.22. The van der Waals surface area contributed by atoms with Gasteiger partial charge in [0.2, 0.25) is 0 Å². The number of nitro groups is 1. The third kappa shape index (κ3) is 3.03. The van der Waals surface area contributed by atoms with Crippen molar-refractivity contribution in [1.82, 2.24) is 0 Å². The number of carbonyl (C=O) groups is 2. The second-order valence-corrected chi connectivity index (χ2v) is 4.21. The molecule has 0 fully saturated rings. The summed E-state index contributed by atoms with van der Waals surface area (Å²) >= 11 is 0. The average Bonchev–Trinajstić information content (AvgIpc) is 2.46. The Morgan fingerprint density at radius 2 is 1.43 bits per heavy atom. The molecule has 7 nitrogen and oxygen atoms in total. The predicted octanol–water partition coefficient (Wildman–Crippen LogP) is 2.66. The average molecular weight is 287 g/mol. The van der Waals surface area contributed by atoms with Gasteiger partial charge in [-0.3, -0.25) is 10.1 Å². The molecule has 106 valence electrons. The molecule has 0 saturated carbocycles. The predicted molar refractivity (Wildman–Crippen MR) is 72.5 cm³/mol. The summed E-state index contributed by atoms with van der Waals surface area (Å²) in [5.74, 6) is -2.37. The third-order valence-corrected chi connectivity index (χ3v) is 2.84. The Balaban J connectivity index is 2.54. The lowest BCUT2D eigenvalue weighted by Crippen LogP contribution is -1.99. The maximum absolute atomic E-state index is 11.0. The number of non-ortho nitro benzene ring substituents is 1. The number of hydrogen-bond acceptors (Lipinski definition) is 4. The lowest BCUT2D eigenvalue weighted by molar-refractivity contribution is -0.384. The Bertz CT molecular complexity index is 703. The van der Waals surface area contributed by atoms with Crippen molar-refractivity contribution in [2.24, 2.45) is 0 Å². The Morgan fingerprint density at radius 1 is 0.857 bits per heavy atom. The van der Waals surface area contributed by atoms with Crippen LogP contribution in [0.1, 0.15) is 20.7 Å². The lowest BCUT2D eigenvalue weighted by Gasteiger charge is -2.04. The van der Waals surface area contributed by atoms with Crippen LogP contribution in [0.2, 0.25) is 0 Å². The first-order chi connectivity index (χ1) is 9.88. The van der Waals surface area contributed by atoms with Crippen molar-refractivity contribution in [2.75, 3.05) is 0 Å². The summed E-state index contributed by atoms with van der Waals surface area (Å²) in [6, 6.07) is 9.13. The van der Waals surface area contributed by atoms with Gasteiger partial charge in [0.05, 0.1) is 16.1 Å². The van der Waals surface area contributed by atoms with Crippen LogP contribution in [0.3, 0.4) is 0 Å². The second-order valence-electron chi connectivity index (χ2n) is 4.21. The molecule has 0 heterocycles. The molecule has 0 spiro atoms. The standard InChI is InChI=1S/C14H9NO6/c16-13(17)9-3-1-8(2-4-9)10-5-11(14(18)19)7-12(6-10)15(20)21/h1-7H,(H,16,17)(H,18,19). The van der Waals surface area contributed by atoms with Crippen molar-refractivity contribution in [3.63, 3.8) is 0 Å². The number of nitrogens with zero attached hydrogens (tertiary/aromatic N) is 1. The molecule has 2 rings (SSSR count). The van der Waals surface area contributed by atoms with Crippen molar-refractivity contribution < 1.29 is 24.7 Å². The maximum atomic E-state index is 11.0. The summed E-state index contributed by atoms with van der Waals surface area (Å²) in [7, 11) is 0. The normalized spacial score (nSPS) is 10.1. The van der Waals surface area contributed by atoms with E-state index in [1.165, 1.54) is 36.4 Å². The fourth-order valence-electron chi connectivity index (χ4n) is 1.81. The van der Waals surface area contributed by atoms with Crippen LogP contribution in [0.15, 0.2) is 42.5 Å². The highest BCUT2D eigenvalue weighted by Gasteiger charge is 2.15. The summed E-state index contributed by atoms with van der Waals surface area (Å²) < 4.78 is 0. The highest BCUT2D eigenvalue weighted by Crippen LogP contribution is 2.26. The molecule has 0 aliphatic heterocycles. The smallest absolute Gasteiger partial charge is 0.335 e. The number of benzene rings is 2. The van der Waals surface area contributed by atoms with Gasteiger partial charge in [0.1, 0.15) is 0 Å². The van der Waals surface area contributed by atoms with Crippen molar-refractivity contribution in [2.45, 2.75) is 0 Å². The molecular weight excluding hydrogens is 278 g/mol. The molecule has 21 heavy (non-hydrogen) atoms. The number of carboxylic acid groups (broad SMARTS) is 2. The molecule has 0 aliphatic rings. The van der Waals surface area contributed by atoms with E-state index in [0.717, 1.165) is 6.07 Å². The lowest BCUT2D eigenvalue weighted by atomic mass is 10.0. The highest BCUT2D eigenvalue weighted by molar-refractivity contribution is 5.91. The largest absolute Gasteiger partial charge is 0.478 e. The van der Waals surface area contributed by atoms with Gasteiger partial charge in [-0.15, -0.1) is 0 Å². The van der Waals surface area contributed by atoms with Gasteiger partial charge in [0.25, 0.3) is 5.69 Å². The molecule has 0 radical (unpaired) electrons. The number of aromatic carboxylic acids is 2. The highest BCUT2D eigenvalue weighted by atomic mass is 16.6. The SMILES string of the molecule is O=C(O)c1ccc(-c2cc(C(=O)O)cc([N+](=O)[O-])c2)cc1. The zero-order valence-electron chi connectivity index (χ0n) is 10.5. The molecule has 0 aliphatic carbocycles. The van der Waals surface area contributed by atoms with Gasteiger partial charge >= 0.3 is 11.9 Å². The van der Waals surface area contributed by atoms with Gasteiger partial charge in [0, 0.05) is 12.1 Å². The van der Waals surface area contributed by atoms with Gasteiger partial charge in [-0.1, -0.05) is 12.1 Å². The molecule has 0 aromatic heterocycles. The van der Waals surface area contributed by atoms with Crippen molar-refractivity contribution in [3.8, 4) is 11.1 Å². The van der Waals surface area contributed by atoms with Crippen LogP contribution >= 0.6 is 0 Å². The van der Waals surface area contributed by atoms with E-state index in [2.05, 4.69) is 0 Å². The van der Waals surface area contributed by atoms with Crippen LogP contribution in [0.5, 0.6) is 0 Å². The minimum Gasteiger partial charge on any atom is -0.478 e. The number of nitro benzene ring substituents is 1. The first-order valence-corrected chi connectivity index (χ1v) is 5.75. The van der Waals surface area contributed by atoms with Crippen LogP contribution in [0.4, 0.5) is 5.69 Å². The first kappa shape index (κ1) is 14.2. The summed E-state index contributed by atoms with van der Waals surface area (Å²) in [6.45, 7) is 0. The van der Waals surface area contributed by atoms with E-state index in [1.54, 1.807) is 0 Å². The van der Waals surface area contributed by atoms with Crippen LogP contribution in [-0.2, 0) is 0 Å². The van der Waals surface area contributed by atoms with E-state index in [1.807, 2.05) is 0 Å². The Kier molecular flexibility index (Phi) is 3.66. The quantitative estimate of drug-likeness (QED) is 0.659. The molecule has 7 heteroatoms. The van der Waals surface area contributed by atoms with Crippen LogP contribution in [-0.4, -0.2) is 27.1 Å². The van der Waals surface area contributed by atoms with Crippen LogP contribution in [0, 0.1) is 10.1 Å². The van der Waals surface area contributed by atoms with Gasteiger partial charge in [-0.25, -0.2) is 9.59 Å². The molecule has 0 unspecified atom stereocenters. The molecule has 2 N–H and O–H groups in total. The van der Waals surface area contributed by atoms with Crippen LogP contribution < -0.4 is 0 Å². The summed E-state index contributed by atoms with van der Waals surface area (Å²) in [4.78, 5) is 31.9. The zero-order valence-corrected chi connectivity index (χ0v) is 10.5. The topological polar surface area (TPSA) is 118 Å². The molecule has 0 amide bonds. The maximum Gasteiger partial charge on any atom is 0.335 e. The molecule has 2 aromatic rings.